The molecule has 1 fully saturated rings. The monoisotopic (exact) mass is 410 g/mol. The van der Waals surface area contributed by atoms with Gasteiger partial charge in [0.25, 0.3) is 11.8 Å². The summed E-state index contributed by atoms with van der Waals surface area (Å²) in [5, 5.41) is 2.63. The van der Waals surface area contributed by atoms with Crippen molar-refractivity contribution in [2.24, 2.45) is 5.92 Å². The van der Waals surface area contributed by atoms with E-state index in [1.807, 2.05) is 19.1 Å². The van der Waals surface area contributed by atoms with Crippen LogP contribution in [0.2, 0.25) is 0 Å². The molecule has 1 heterocycles. The fourth-order valence-corrected chi connectivity index (χ4v) is 3.00. The van der Waals surface area contributed by atoms with Gasteiger partial charge in [0.1, 0.15) is 0 Å². The lowest BCUT2D eigenvalue weighted by molar-refractivity contribution is -0.160. The van der Waals surface area contributed by atoms with Crippen molar-refractivity contribution in [2.45, 2.75) is 32.8 Å². The zero-order valence-corrected chi connectivity index (χ0v) is 16.0. The summed E-state index contributed by atoms with van der Waals surface area (Å²) >= 11 is 3.35. The number of piperidine rings is 1. The molecule has 1 saturated heterocycles. The molecular weight excluding hydrogens is 388 g/mol. The minimum atomic E-state index is -0.796. The SMILES string of the molecule is CCNC(=O)[C@H](C)OC(=O)C1CCN(C(=O)c2ccc(Br)cc2)CC1. The summed E-state index contributed by atoms with van der Waals surface area (Å²) in [7, 11) is 0. The Bertz CT molecular complexity index is 624. The van der Waals surface area contributed by atoms with Gasteiger partial charge in [-0.2, -0.15) is 0 Å². The topological polar surface area (TPSA) is 75.7 Å². The Balaban J connectivity index is 1.84. The molecule has 1 aliphatic rings. The second kappa shape index (κ2) is 8.99. The molecule has 0 aromatic heterocycles. The fraction of sp³-hybridized carbons (Fsp3) is 0.500. The van der Waals surface area contributed by atoms with Crippen LogP contribution < -0.4 is 5.32 Å². The average Bonchev–Trinajstić information content (AvgIpc) is 2.62. The maximum absolute atomic E-state index is 12.5. The zero-order valence-electron chi connectivity index (χ0n) is 14.5. The number of benzene rings is 1. The van der Waals surface area contributed by atoms with E-state index in [-0.39, 0.29) is 23.7 Å². The number of amides is 2. The Kier molecular flexibility index (Phi) is 6.99. The van der Waals surface area contributed by atoms with Crippen molar-refractivity contribution in [2.75, 3.05) is 19.6 Å². The second-order valence-corrected chi connectivity index (χ2v) is 6.96. The van der Waals surface area contributed by atoms with Crippen LogP contribution in [0.1, 0.15) is 37.0 Å². The van der Waals surface area contributed by atoms with Crippen molar-refractivity contribution < 1.29 is 19.1 Å². The number of nitrogens with one attached hydrogen (secondary N) is 1. The summed E-state index contributed by atoms with van der Waals surface area (Å²) in [4.78, 5) is 38.0. The van der Waals surface area contributed by atoms with E-state index >= 15 is 0 Å². The summed E-state index contributed by atoms with van der Waals surface area (Å²) in [6.45, 7) is 4.88. The first-order valence-electron chi connectivity index (χ1n) is 8.45. The van der Waals surface area contributed by atoms with Crippen LogP contribution in [0.15, 0.2) is 28.7 Å². The maximum atomic E-state index is 12.5. The van der Waals surface area contributed by atoms with Gasteiger partial charge in [-0.3, -0.25) is 14.4 Å². The van der Waals surface area contributed by atoms with E-state index in [4.69, 9.17) is 4.74 Å². The van der Waals surface area contributed by atoms with E-state index in [0.717, 1.165) is 4.47 Å². The second-order valence-electron chi connectivity index (χ2n) is 6.05. The average molecular weight is 411 g/mol. The fourth-order valence-electron chi connectivity index (χ4n) is 2.74. The molecule has 7 heteroatoms. The molecule has 0 spiro atoms. The van der Waals surface area contributed by atoms with Crippen LogP contribution in [0.3, 0.4) is 0 Å². The molecule has 0 saturated carbocycles. The number of halogens is 1. The molecular formula is C18H23BrN2O4. The summed E-state index contributed by atoms with van der Waals surface area (Å²) in [6, 6.07) is 7.22. The number of likely N-dealkylation sites (tertiary alicyclic amines) is 1. The molecule has 0 unspecified atom stereocenters. The zero-order chi connectivity index (χ0) is 18.4. The lowest BCUT2D eigenvalue weighted by atomic mass is 9.96. The lowest BCUT2D eigenvalue weighted by Gasteiger charge is -2.31. The predicted molar refractivity (Wildman–Crippen MR) is 97.0 cm³/mol. The Morgan fingerprint density at radius 1 is 1.24 bits per heavy atom. The van der Waals surface area contributed by atoms with Crippen LogP contribution in [-0.4, -0.2) is 48.4 Å². The third kappa shape index (κ3) is 5.29. The van der Waals surface area contributed by atoms with Crippen LogP contribution >= 0.6 is 15.9 Å². The van der Waals surface area contributed by atoms with E-state index < -0.39 is 6.10 Å². The van der Waals surface area contributed by atoms with E-state index in [9.17, 15) is 14.4 Å². The molecule has 6 nitrogen and oxygen atoms in total. The number of hydrogen-bond acceptors (Lipinski definition) is 4. The summed E-state index contributed by atoms with van der Waals surface area (Å²) < 4.78 is 6.16. The Hall–Kier alpha value is -1.89. The molecule has 0 aliphatic carbocycles. The van der Waals surface area contributed by atoms with Crippen LogP contribution in [-0.2, 0) is 14.3 Å². The molecule has 2 rings (SSSR count). The van der Waals surface area contributed by atoms with Crippen LogP contribution in [0, 0.1) is 5.92 Å². The molecule has 1 atom stereocenters. The van der Waals surface area contributed by atoms with E-state index in [1.54, 1.807) is 24.0 Å². The van der Waals surface area contributed by atoms with Gasteiger partial charge in [-0.1, -0.05) is 15.9 Å². The smallest absolute Gasteiger partial charge is 0.309 e. The molecule has 0 bridgehead atoms. The Labute approximate surface area is 156 Å². The highest BCUT2D eigenvalue weighted by atomic mass is 79.9. The molecule has 1 aromatic rings. The molecule has 0 radical (unpaired) electrons. The maximum Gasteiger partial charge on any atom is 0.309 e. The van der Waals surface area contributed by atoms with Crippen LogP contribution in [0.5, 0.6) is 0 Å². The van der Waals surface area contributed by atoms with Crippen molar-refractivity contribution in [1.29, 1.82) is 0 Å². The van der Waals surface area contributed by atoms with E-state index in [2.05, 4.69) is 21.2 Å². The standard InChI is InChI=1S/C18H23BrN2O4/c1-3-20-16(22)12(2)25-18(24)14-8-10-21(11-9-14)17(23)13-4-6-15(19)7-5-13/h4-7,12,14H,3,8-11H2,1-2H3,(H,20,22)/t12-/m0/s1. The first-order chi connectivity index (χ1) is 11.9. The number of rotatable bonds is 5. The third-order valence-corrected chi connectivity index (χ3v) is 4.75. The lowest BCUT2D eigenvalue weighted by Crippen LogP contribution is -2.42. The van der Waals surface area contributed by atoms with Crippen LogP contribution in [0.25, 0.3) is 0 Å². The largest absolute Gasteiger partial charge is 0.452 e. The van der Waals surface area contributed by atoms with Gasteiger partial charge in [0.15, 0.2) is 6.10 Å². The van der Waals surface area contributed by atoms with Crippen LogP contribution in [0.4, 0.5) is 0 Å². The van der Waals surface area contributed by atoms with Gasteiger partial charge in [-0.15, -0.1) is 0 Å². The normalized spacial score (nSPS) is 16.2. The van der Waals surface area contributed by atoms with Crippen molar-refractivity contribution in [1.82, 2.24) is 10.2 Å². The van der Waals surface area contributed by atoms with Gasteiger partial charge in [0.2, 0.25) is 0 Å². The van der Waals surface area contributed by atoms with Crippen molar-refractivity contribution in [3.05, 3.63) is 34.3 Å². The highest BCUT2D eigenvalue weighted by Crippen LogP contribution is 2.21. The van der Waals surface area contributed by atoms with Crippen molar-refractivity contribution in [3.63, 3.8) is 0 Å². The van der Waals surface area contributed by atoms with E-state index in [0.29, 0.717) is 38.0 Å². The number of carbonyl (C=O) groups excluding carboxylic acids is 3. The van der Waals surface area contributed by atoms with Gasteiger partial charge in [0, 0.05) is 29.7 Å². The summed E-state index contributed by atoms with van der Waals surface area (Å²) in [5.74, 6) is -0.964. The first-order valence-corrected chi connectivity index (χ1v) is 9.24. The van der Waals surface area contributed by atoms with Gasteiger partial charge in [-0.05, 0) is 51.0 Å². The Morgan fingerprint density at radius 2 is 1.84 bits per heavy atom. The minimum Gasteiger partial charge on any atom is -0.452 e. The minimum absolute atomic E-state index is 0.0324. The summed E-state index contributed by atoms with van der Waals surface area (Å²) in [6.07, 6.45) is 0.293. The van der Waals surface area contributed by atoms with E-state index in [1.165, 1.54) is 0 Å². The van der Waals surface area contributed by atoms with Crippen molar-refractivity contribution in [3.8, 4) is 0 Å². The summed E-state index contributed by atoms with van der Waals surface area (Å²) in [5.41, 5.74) is 0.633. The number of likely N-dealkylation sites (N-methyl/N-ethyl adjacent to an activating group) is 1. The number of ether oxygens (including phenoxy) is 1. The van der Waals surface area contributed by atoms with Gasteiger partial charge < -0.3 is 15.0 Å². The predicted octanol–water partition coefficient (Wildman–Crippen LogP) is 2.37. The molecule has 25 heavy (non-hydrogen) atoms. The quantitative estimate of drug-likeness (QED) is 0.755. The third-order valence-electron chi connectivity index (χ3n) is 4.22. The van der Waals surface area contributed by atoms with Gasteiger partial charge in [0.05, 0.1) is 5.92 Å². The number of carbonyl (C=O) groups is 3. The molecule has 1 N–H and O–H groups in total. The number of hydrogen-bond donors (Lipinski definition) is 1. The number of esters is 1. The number of nitrogens with zero attached hydrogens (tertiary/aromatic N) is 1. The molecule has 1 aliphatic heterocycles. The van der Waals surface area contributed by atoms with Gasteiger partial charge >= 0.3 is 5.97 Å². The highest BCUT2D eigenvalue weighted by molar-refractivity contribution is 9.10. The molecule has 1 aromatic carbocycles. The first kappa shape index (κ1) is 19.4. The van der Waals surface area contributed by atoms with Crippen molar-refractivity contribution >= 4 is 33.7 Å². The Morgan fingerprint density at radius 3 is 2.40 bits per heavy atom. The molecule has 136 valence electrons. The highest BCUT2D eigenvalue weighted by Gasteiger charge is 2.30. The molecule has 2 amide bonds. The van der Waals surface area contributed by atoms with Gasteiger partial charge in [-0.25, -0.2) is 0 Å².